The first kappa shape index (κ1) is 27.7. The number of hydrogen-bond acceptors (Lipinski definition) is 3. The molecule has 0 aliphatic heterocycles. The van der Waals surface area contributed by atoms with Crippen LogP contribution in [0, 0.1) is 50.7 Å². The molecule has 0 N–H and O–H groups in total. The van der Waals surface area contributed by atoms with Gasteiger partial charge in [-0.2, -0.15) is 0 Å². The highest BCUT2D eigenvalue weighted by molar-refractivity contribution is 6.63. The summed E-state index contributed by atoms with van der Waals surface area (Å²) in [5, 5.41) is -0.147. The van der Waals surface area contributed by atoms with E-state index in [0.29, 0.717) is 30.1 Å². The summed E-state index contributed by atoms with van der Waals surface area (Å²) >= 11 is 6.12. The highest BCUT2D eigenvalue weighted by Crippen LogP contribution is 2.77. The van der Waals surface area contributed by atoms with Crippen LogP contribution in [0.15, 0.2) is 11.1 Å². The van der Waals surface area contributed by atoms with Gasteiger partial charge in [0.2, 0.25) is 5.24 Å². The summed E-state index contributed by atoms with van der Waals surface area (Å²) in [7, 11) is 0. The average Bonchev–Trinajstić information content (AvgIpc) is 3.15. The van der Waals surface area contributed by atoms with Crippen LogP contribution in [0.5, 0.6) is 0 Å². The van der Waals surface area contributed by atoms with Crippen LogP contribution in [0.25, 0.3) is 0 Å². The van der Waals surface area contributed by atoms with Gasteiger partial charge in [-0.25, -0.2) is 0 Å². The van der Waals surface area contributed by atoms with Crippen molar-refractivity contribution in [2.45, 2.75) is 132 Å². The maximum Gasteiger partial charge on any atom is 0.302 e. The smallest absolute Gasteiger partial charge is 0.302 e. The van der Waals surface area contributed by atoms with E-state index in [9.17, 15) is 9.59 Å². The van der Waals surface area contributed by atoms with Gasteiger partial charge in [0.05, 0.1) is 0 Å². The molecule has 5 rings (SSSR count). The van der Waals surface area contributed by atoms with Gasteiger partial charge < -0.3 is 4.74 Å². The van der Waals surface area contributed by atoms with E-state index < -0.39 is 0 Å². The molecular formula is C33H51ClO3. The molecular weight excluding hydrogens is 480 g/mol. The van der Waals surface area contributed by atoms with Crippen molar-refractivity contribution in [3.63, 3.8) is 0 Å². The highest BCUT2D eigenvalue weighted by Gasteiger charge is 2.69. The van der Waals surface area contributed by atoms with Gasteiger partial charge in [0, 0.05) is 24.2 Å². The average molecular weight is 531 g/mol. The van der Waals surface area contributed by atoms with E-state index >= 15 is 0 Å². The number of carbonyl (C=O) groups is 2. The molecule has 0 radical (unpaired) electrons. The molecule has 0 aromatic heterocycles. The molecule has 5 aliphatic rings. The van der Waals surface area contributed by atoms with Gasteiger partial charge in [-0.15, -0.1) is 0 Å². The number of esters is 1. The van der Waals surface area contributed by atoms with Crippen LogP contribution in [-0.4, -0.2) is 17.3 Å². The Kier molecular flexibility index (Phi) is 6.62. The van der Waals surface area contributed by atoms with Crippen molar-refractivity contribution in [3.05, 3.63) is 11.1 Å². The van der Waals surface area contributed by atoms with E-state index in [1.165, 1.54) is 32.1 Å². The minimum absolute atomic E-state index is 0.00102. The van der Waals surface area contributed by atoms with Gasteiger partial charge in [0.15, 0.2) is 0 Å². The van der Waals surface area contributed by atoms with Gasteiger partial charge in [-0.1, -0.05) is 59.6 Å². The second kappa shape index (κ2) is 8.84. The molecule has 5 aliphatic carbocycles. The number of carbonyl (C=O) groups excluding carboxylic acids is 2. The lowest BCUT2D eigenvalue weighted by atomic mass is 9.33. The van der Waals surface area contributed by atoms with E-state index in [2.05, 4.69) is 48.5 Å². The van der Waals surface area contributed by atoms with Crippen molar-refractivity contribution in [1.29, 1.82) is 0 Å². The molecule has 37 heavy (non-hydrogen) atoms. The van der Waals surface area contributed by atoms with E-state index in [-0.39, 0.29) is 44.4 Å². The normalized spacial score (nSPS) is 46.5. The number of allylic oxidation sites excluding steroid dienone is 2. The molecule has 4 heteroatoms. The summed E-state index contributed by atoms with van der Waals surface area (Å²) in [6, 6.07) is 0. The predicted octanol–water partition coefficient (Wildman–Crippen LogP) is 8.88. The summed E-state index contributed by atoms with van der Waals surface area (Å²) in [6.45, 7) is 18.9. The van der Waals surface area contributed by atoms with Crippen LogP contribution in [0.3, 0.4) is 0 Å². The van der Waals surface area contributed by atoms with Crippen molar-refractivity contribution in [1.82, 2.24) is 0 Å². The molecule has 0 heterocycles. The SMILES string of the molecule is CC(=O)O[C@H]1CC[C@]2(C)[C@H]3CC[C@@H]4C5=C(C(C)C)CC[C@]5(CC(=O)Cl)CC[C@@]4(C)[C@]3(C)CC[C@H]2C1(C)C. The van der Waals surface area contributed by atoms with Crippen LogP contribution in [0.2, 0.25) is 0 Å². The molecule has 8 atom stereocenters. The molecule has 0 unspecified atom stereocenters. The molecule has 4 saturated carbocycles. The van der Waals surface area contributed by atoms with Crippen molar-refractivity contribution in [2.75, 3.05) is 0 Å². The number of ether oxygens (including phenoxy) is 1. The fraction of sp³-hybridized carbons (Fsp3) is 0.879. The Morgan fingerprint density at radius 2 is 1.59 bits per heavy atom. The van der Waals surface area contributed by atoms with Crippen LogP contribution in [0.1, 0.15) is 126 Å². The van der Waals surface area contributed by atoms with E-state index in [1.54, 1.807) is 18.1 Å². The van der Waals surface area contributed by atoms with E-state index in [1.807, 2.05) is 0 Å². The van der Waals surface area contributed by atoms with Crippen LogP contribution < -0.4 is 0 Å². The molecule has 0 aromatic rings. The van der Waals surface area contributed by atoms with Gasteiger partial charge in [-0.3, -0.25) is 9.59 Å². The first-order valence-electron chi connectivity index (χ1n) is 15.2. The standard InChI is InChI=1S/C33H51ClO3/c1-20(2)22-11-16-33(19-27(34)36)18-17-31(7)23(28(22)33)9-10-25-30(6)14-13-26(37-21(3)35)29(4,5)24(30)12-15-32(25,31)8/h20,23-26H,9-19H2,1-8H3/t23-,24+,25-,26+,30+,31-,32-,33-/m1/s1. The minimum atomic E-state index is -0.147. The Hall–Kier alpha value is -0.830. The monoisotopic (exact) mass is 530 g/mol. The first-order chi connectivity index (χ1) is 17.1. The fourth-order valence-corrected chi connectivity index (χ4v) is 12.0. The maximum atomic E-state index is 12.3. The molecule has 4 fully saturated rings. The predicted molar refractivity (Wildman–Crippen MR) is 150 cm³/mol. The summed E-state index contributed by atoms with van der Waals surface area (Å²) < 4.78 is 5.91. The Morgan fingerprint density at radius 3 is 2.22 bits per heavy atom. The van der Waals surface area contributed by atoms with Crippen molar-refractivity contribution in [3.8, 4) is 0 Å². The Bertz CT molecular complexity index is 1010. The third-order valence-electron chi connectivity index (χ3n) is 13.5. The topological polar surface area (TPSA) is 43.4 Å². The molecule has 0 amide bonds. The quantitative estimate of drug-likeness (QED) is 0.207. The molecule has 3 nitrogen and oxygen atoms in total. The summed E-state index contributed by atoms with van der Waals surface area (Å²) in [5.41, 5.74) is 4.14. The van der Waals surface area contributed by atoms with Gasteiger partial charge in [0.25, 0.3) is 0 Å². The number of rotatable bonds is 4. The largest absolute Gasteiger partial charge is 0.462 e. The maximum absolute atomic E-state index is 12.3. The molecule has 0 spiro atoms. The zero-order chi connectivity index (χ0) is 27.2. The Morgan fingerprint density at radius 1 is 0.892 bits per heavy atom. The summed E-state index contributed by atoms with van der Waals surface area (Å²) in [5.74, 6) is 2.24. The fourth-order valence-electron chi connectivity index (χ4n) is 11.7. The number of fused-ring (bicyclic) bond motifs is 7. The molecule has 0 saturated heterocycles. The lowest BCUT2D eigenvalue weighted by molar-refractivity contribution is -0.232. The molecule has 0 bridgehead atoms. The second-order valence-corrected chi connectivity index (χ2v) is 15.9. The van der Waals surface area contributed by atoms with E-state index in [4.69, 9.17) is 16.3 Å². The van der Waals surface area contributed by atoms with Crippen molar-refractivity contribution < 1.29 is 14.3 Å². The zero-order valence-corrected chi connectivity index (χ0v) is 25.5. The Labute approximate surface area is 230 Å². The van der Waals surface area contributed by atoms with E-state index in [0.717, 1.165) is 32.1 Å². The van der Waals surface area contributed by atoms with Gasteiger partial charge in [0.1, 0.15) is 6.10 Å². The summed E-state index contributed by atoms with van der Waals surface area (Å²) in [4.78, 5) is 24.2. The molecule has 0 aromatic carbocycles. The van der Waals surface area contributed by atoms with Crippen LogP contribution >= 0.6 is 11.6 Å². The van der Waals surface area contributed by atoms with Crippen LogP contribution in [0.4, 0.5) is 0 Å². The van der Waals surface area contributed by atoms with Gasteiger partial charge in [-0.05, 0) is 116 Å². The number of hydrogen-bond donors (Lipinski definition) is 0. The third kappa shape index (κ3) is 3.78. The van der Waals surface area contributed by atoms with Crippen molar-refractivity contribution in [2.24, 2.45) is 50.7 Å². The lowest BCUT2D eigenvalue weighted by Crippen LogP contribution is -2.65. The van der Waals surface area contributed by atoms with Gasteiger partial charge >= 0.3 is 5.97 Å². The zero-order valence-electron chi connectivity index (χ0n) is 24.8. The molecule has 208 valence electrons. The Balaban J connectivity index is 1.54. The minimum Gasteiger partial charge on any atom is -0.462 e. The van der Waals surface area contributed by atoms with Crippen LogP contribution in [-0.2, 0) is 14.3 Å². The highest BCUT2D eigenvalue weighted by atomic mass is 35.5. The second-order valence-electron chi connectivity index (χ2n) is 15.5. The first-order valence-corrected chi connectivity index (χ1v) is 15.6. The summed E-state index contributed by atoms with van der Waals surface area (Å²) in [6.07, 6.45) is 12.3. The number of halogens is 1. The van der Waals surface area contributed by atoms with Crippen molar-refractivity contribution >= 4 is 22.8 Å². The third-order valence-corrected chi connectivity index (χ3v) is 13.7. The lowest BCUT2D eigenvalue weighted by Gasteiger charge is -2.72.